The summed E-state index contributed by atoms with van der Waals surface area (Å²) in [6, 6.07) is 8.34. The average molecular weight is 713 g/mol. The molecule has 0 atom stereocenters. The van der Waals surface area contributed by atoms with Crippen molar-refractivity contribution >= 4 is 52.1 Å². The van der Waals surface area contributed by atoms with Gasteiger partial charge in [-0.3, -0.25) is 29.3 Å². The molecule has 5 aromatic rings. The molecule has 2 aromatic carbocycles. The summed E-state index contributed by atoms with van der Waals surface area (Å²) >= 11 is 0. The van der Waals surface area contributed by atoms with Crippen LogP contribution in [-0.2, 0) is 24.4 Å². The van der Waals surface area contributed by atoms with Gasteiger partial charge in [-0.15, -0.1) is 0 Å². The van der Waals surface area contributed by atoms with E-state index in [2.05, 4.69) is 25.6 Å². The minimum Gasteiger partial charge on any atom is -0.494 e. The number of carbonyl (C=O) groups excluding carboxylic acids is 3. The second-order valence-electron chi connectivity index (χ2n) is 12.3. The Balaban J connectivity index is 1.29. The fraction of sp³-hybridized carbons (Fsp3) is 0.389. The van der Waals surface area contributed by atoms with Crippen molar-refractivity contribution < 1.29 is 28.6 Å². The molecule has 0 saturated carbocycles. The molecular weight excluding hydrogens is 668 g/mol. The van der Waals surface area contributed by atoms with Crippen LogP contribution in [0, 0.1) is 6.92 Å². The first-order chi connectivity index (χ1) is 25.2. The van der Waals surface area contributed by atoms with Crippen molar-refractivity contribution in [1.29, 1.82) is 0 Å². The molecule has 2 amide bonds. The van der Waals surface area contributed by atoms with Crippen LogP contribution in [0.15, 0.2) is 42.5 Å². The Bertz CT molecular complexity index is 2120. The van der Waals surface area contributed by atoms with Crippen LogP contribution in [0.5, 0.6) is 11.5 Å². The van der Waals surface area contributed by atoms with Crippen molar-refractivity contribution in [2.75, 3.05) is 64.2 Å². The molecule has 0 unspecified atom stereocenters. The number of hydrogen-bond acceptors (Lipinski definition) is 11. The summed E-state index contributed by atoms with van der Waals surface area (Å²) in [6.07, 6.45) is 5.52. The predicted octanol–water partition coefficient (Wildman–Crippen LogP) is 3.48. The molecule has 1 fully saturated rings. The van der Waals surface area contributed by atoms with E-state index in [0.717, 1.165) is 51.1 Å². The van der Waals surface area contributed by atoms with Crippen molar-refractivity contribution in [2.24, 2.45) is 5.73 Å². The van der Waals surface area contributed by atoms with Crippen LogP contribution in [0.4, 0.5) is 11.9 Å². The third-order valence-corrected chi connectivity index (χ3v) is 8.88. The fourth-order valence-corrected chi connectivity index (χ4v) is 6.39. The number of morpholine rings is 1. The zero-order valence-corrected chi connectivity index (χ0v) is 29.8. The number of rotatable bonds is 16. The minimum absolute atomic E-state index is 0.227. The molecule has 0 radical (unpaired) electrons. The van der Waals surface area contributed by atoms with E-state index in [1.165, 1.54) is 7.11 Å². The highest BCUT2D eigenvalue weighted by molar-refractivity contribution is 6.04. The first-order valence-corrected chi connectivity index (χ1v) is 17.2. The van der Waals surface area contributed by atoms with Gasteiger partial charge in [0.1, 0.15) is 34.5 Å². The van der Waals surface area contributed by atoms with Crippen LogP contribution in [0.2, 0.25) is 0 Å². The van der Waals surface area contributed by atoms with Gasteiger partial charge in [0.25, 0.3) is 5.91 Å². The second-order valence-corrected chi connectivity index (χ2v) is 12.3. The maximum Gasteiger partial charge on any atom is 0.276 e. The first-order valence-electron chi connectivity index (χ1n) is 17.2. The molecule has 4 N–H and O–H groups in total. The number of nitrogens with two attached hydrogens (primary N) is 1. The van der Waals surface area contributed by atoms with E-state index in [1.807, 2.05) is 30.6 Å². The lowest BCUT2D eigenvalue weighted by Gasteiger charge is -2.26. The average Bonchev–Trinajstić information content (AvgIpc) is 3.83. The lowest BCUT2D eigenvalue weighted by Crippen LogP contribution is -2.37. The van der Waals surface area contributed by atoms with Gasteiger partial charge in [0, 0.05) is 57.4 Å². The molecule has 6 rings (SSSR count). The molecule has 16 nitrogen and oxygen atoms in total. The maximum absolute atomic E-state index is 13.5. The molecule has 0 spiro atoms. The number of fused-ring (bicyclic) bond motifs is 2. The SMILES string of the molecule is CCn1nc(C)cc1C(=O)Nc1nc2cc(C(N)=O)cc(OC)c2n1C/C=C/Cn1c(NC)nc2cc(C=O)cc(OCCCN3CCOCC3)c21. The van der Waals surface area contributed by atoms with Gasteiger partial charge in [-0.2, -0.15) is 5.10 Å². The zero-order valence-electron chi connectivity index (χ0n) is 29.8. The van der Waals surface area contributed by atoms with Crippen LogP contribution >= 0.6 is 0 Å². The van der Waals surface area contributed by atoms with Crippen LogP contribution in [0.1, 0.15) is 50.2 Å². The Labute approximate surface area is 300 Å². The van der Waals surface area contributed by atoms with Crippen molar-refractivity contribution in [2.45, 2.75) is 39.9 Å². The van der Waals surface area contributed by atoms with Crippen molar-refractivity contribution in [3.8, 4) is 11.5 Å². The number of amides is 2. The quantitative estimate of drug-likeness (QED) is 0.0773. The molecule has 52 heavy (non-hydrogen) atoms. The number of anilines is 2. The Hall–Kier alpha value is -5.74. The monoisotopic (exact) mass is 712 g/mol. The smallest absolute Gasteiger partial charge is 0.276 e. The van der Waals surface area contributed by atoms with Gasteiger partial charge < -0.3 is 34.4 Å². The highest BCUT2D eigenvalue weighted by Crippen LogP contribution is 2.32. The largest absolute Gasteiger partial charge is 0.494 e. The van der Waals surface area contributed by atoms with E-state index in [-0.39, 0.29) is 24.0 Å². The first kappa shape index (κ1) is 36.1. The van der Waals surface area contributed by atoms with E-state index in [9.17, 15) is 14.4 Å². The Morgan fingerprint density at radius 3 is 2.35 bits per heavy atom. The van der Waals surface area contributed by atoms with Crippen molar-refractivity contribution in [3.63, 3.8) is 0 Å². The molecule has 0 aliphatic carbocycles. The number of allylic oxidation sites excluding steroid dienone is 2. The van der Waals surface area contributed by atoms with Gasteiger partial charge in [0.05, 0.1) is 43.7 Å². The predicted molar refractivity (Wildman–Crippen MR) is 197 cm³/mol. The lowest BCUT2D eigenvalue weighted by molar-refractivity contribution is 0.0358. The maximum atomic E-state index is 13.5. The number of nitrogens with zero attached hydrogens (tertiary/aromatic N) is 7. The number of nitrogens with one attached hydrogen (secondary N) is 2. The van der Waals surface area contributed by atoms with E-state index < -0.39 is 5.91 Å². The summed E-state index contributed by atoms with van der Waals surface area (Å²) in [4.78, 5) is 49.2. The van der Waals surface area contributed by atoms with Gasteiger partial charge in [-0.05, 0) is 50.6 Å². The lowest BCUT2D eigenvalue weighted by atomic mass is 10.1. The zero-order chi connectivity index (χ0) is 36.8. The number of aldehydes is 1. The topological polar surface area (TPSA) is 186 Å². The van der Waals surface area contributed by atoms with Crippen LogP contribution in [0.25, 0.3) is 22.1 Å². The number of carbonyl (C=O) groups is 3. The molecule has 1 aliphatic rings. The Kier molecular flexibility index (Phi) is 11.2. The van der Waals surface area contributed by atoms with Gasteiger partial charge in [0.15, 0.2) is 0 Å². The molecule has 0 bridgehead atoms. The fourth-order valence-electron chi connectivity index (χ4n) is 6.39. The summed E-state index contributed by atoms with van der Waals surface area (Å²) in [5.41, 5.74) is 9.80. The van der Waals surface area contributed by atoms with Crippen molar-refractivity contribution in [1.82, 2.24) is 33.8 Å². The Morgan fingerprint density at radius 1 is 0.981 bits per heavy atom. The summed E-state index contributed by atoms with van der Waals surface area (Å²) in [6.45, 7) is 9.60. The number of primary amides is 1. The number of ether oxygens (including phenoxy) is 3. The van der Waals surface area contributed by atoms with Gasteiger partial charge >= 0.3 is 0 Å². The highest BCUT2D eigenvalue weighted by atomic mass is 16.5. The summed E-state index contributed by atoms with van der Waals surface area (Å²) in [7, 11) is 3.28. The van der Waals surface area contributed by atoms with E-state index >= 15 is 0 Å². The number of hydrogen-bond donors (Lipinski definition) is 3. The summed E-state index contributed by atoms with van der Waals surface area (Å²) in [5, 5.41) is 10.5. The number of imidazole rings is 2. The molecular formula is C36H44N10O6. The molecule has 1 saturated heterocycles. The van der Waals surface area contributed by atoms with Gasteiger partial charge in [-0.1, -0.05) is 12.2 Å². The Morgan fingerprint density at radius 2 is 1.67 bits per heavy atom. The third-order valence-electron chi connectivity index (χ3n) is 8.88. The summed E-state index contributed by atoms with van der Waals surface area (Å²) < 4.78 is 22.8. The number of aromatic nitrogens is 6. The number of methoxy groups -OCH3 is 1. The van der Waals surface area contributed by atoms with Crippen LogP contribution < -0.4 is 25.8 Å². The van der Waals surface area contributed by atoms with Gasteiger partial charge in [-0.25, -0.2) is 9.97 Å². The normalized spacial score (nSPS) is 13.6. The van der Waals surface area contributed by atoms with Crippen LogP contribution in [0.3, 0.4) is 0 Å². The number of benzene rings is 2. The molecule has 274 valence electrons. The summed E-state index contributed by atoms with van der Waals surface area (Å²) in [5.74, 6) is 0.798. The second kappa shape index (κ2) is 16.1. The standard InChI is InChI=1S/C36H44N10O6/c1-5-46-28(17-23(2)42-46)34(49)41-36-40-27-20-25(33(37)48)21-29(50-4)31(27)45(36)11-7-6-10-44-32-26(39-35(44)38-3)18-24(22-47)19-30(32)52-14-8-9-43-12-15-51-16-13-43/h6-7,17-22H,5,8-16H2,1-4H3,(H2,37,48)(H,38,39)(H,40,41,49)/b7-6+. The molecule has 3 aromatic heterocycles. The van der Waals surface area contributed by atoms with E-state index in [0.29, 0.717) is 70.6 Å². The van der Waals surface area contributed by atoms with Crippen LogP contribution in [-0.4, -0.2) is 105 Å². The number of aryl methyl sites for hydroxylation is 2. The molecule has 1 aliphatic heterocycles. The van der Waals surface area contributed by atoms with E-state index in [4.69, 9.17) is 24.9 Å². The van der Waals surface area contributed by atoms with Crippen molar-refractivity contribution in [3.05, 3.63) is 65.0 Å². The highest BCUT2D eigenvalue weighted by Gasteiger charge is 2.22. The molecule has 16 heteroatoms. The molecule has 4 heterocycles. The van der Waals surface area contributed by atoms with Gasteiger partial charge in [0.2, 0.25) is 17.8 Å². The van der Waals surface area contributed by atoms with E-state index in [1.54, 1.807) is 46.6 Å². The third kappa shape index (κ3) is 7.62. The minimum atomic E-state index is -0.629.